The van der Waals surface area contributed by atoms with Gasteiger partial charge in [0.25, 0.3) is 0 Å². The van der Waals surface area contributed by atoms with Crippen LogP contribution >= 0.6 is 11.6 Å². The highest BCUT2D eigenvalue weighted by Gasteiger charge is 2.21. The van der Waals surface area contributed by atoms with Crippen molar-refractivity contribution in [1.82, 2.24) is 0 Å². The molecule has 0 fully saturated rings. The number of carboxylic acid groups (broad SMARTS) is 1. The topological polar surface area (TPSA) is 37.3 Å². The normalized spacial score (nSPS) is 12.1. The first-order valence-corrected chi connectivity index (χ1v) is 6.65. The molecule has 0 bridgehead atoms. The van der Waals surface area contributed by atoms with Crippen LogP contribution in [-0.4, -0.2) is 11.1 Å². The summed E-state index contributed by atoms with van der Waals surface area (Å²) in [5, 5.41) is 9.58. The molecule has 1 unspecified atom stereocenters. The molecule has 0 aliphatic carbocycles. The highest BCUT2D eigenvalue weighted by molar-refractivity contribution is 6.31. The number of halogens is 2. The molecule has 2 aromatic carbocycles. The van der Waals surface area contributed by atoms with Gasteiger partial charge in [-0.05, 0) is 30.5 Å². The quantitative estimate of drug-likeness (QED) is 0.905. The van der Waals surface area contributed by atoms with Gasteiger partial charge in [-0.3, -0.25) is 4.79 Å². The highest BCUT2D eigenvalue weighted by atomic mass is 35.5. The Balaban J connectivity index is 2.20. The lowest BCUT2D eigenvalue weighted by atomic mass is 9.92. The van der Waals surface area contributed by atoms with E-state index in [1.807, 2.05) is 30.3 Å². The molecule has 0 aromatic heterocycles. The fourth-order valence-electron chi connectivity index (χ4n) is 2.12. The van der Waals surface area contributed by atoms with E-state index in [0.717, 1.165) is 5.56 Å². The van der Waals surface area contributed by atoms with Crippen molar-refractivity contribution in [1.29, 1.82) is 0 Å². The van der Waals surface area contributed by atoms with Crippen molar-refractivity contribution >= 4 is 17.6 Å². The molecule has 0 heterocycles. The van der Waals surface area contributed by atoms with Gasteiger partial charge < -0.3 is 5.11 Å². The van der Waals surface area contributed by atoms with Crippen LogP contribution in [-0.2, 0) is 17.6 Å². The largest absolute Gasteiger partial charge is 0.481 e. The third-order valence-corrected chi connectivity index (χ3v) is 3.54. The van der Waals surface area contributed by atoms with Gasteiger partial charge in [0.1, 0.15) is 5.82 Å². The molecule has 0 saturated carbocycles. The van der Waals surface area contributed by atoms with Crippen LogP contribution in [0.1, 0.15) is 11.1 Å². The molecule has 2 rings (SSSR count). The van der Waals surface area contributed by atoms with E-state index in [0.29, 0.717) is 6.42 Å². The number of hydrogen-bond donors (Lipinski definition) is 1. The van der Waals surface area contributed by atoms with E-state index < -0.39 is 17.7 Å². The van der Waals surface area contributed by atoms with E-state index in [1.54, 1.807) is 6.07 Å². The molecule has 0 radical (unpaired) electrons. The predicted octanol–water partition coefficient (Wildman–Crippen LogP) is 3.97. The van der Waals surface area contributed by atoms with Gasteiger partial charge in [-0.15, -0.1) is 0 Å². The zero-order chi connectivity index (χ0) is 14.5. The summed E-state index contributed by atoms with van der Waals surface area (Å²) in [6.45, 7) is 0. The summed E-state index contributed by atoms with van der Waals surface area (Å²) in [7, 11) is 0. The zero-order valence-corrected chi connectivity index (χ0v) is 11.5. The number of aliphatic carboxylic acids is 1. The van der Waals surface area contributed by atoms with Crippen molar-refractivity contribution in [3.8, 4) is 0 Å². The van der Waals surface area contributed by atoms with Gasteiger partial charge in [-0.25, -0.2) is 4.39 Å². The van der Waals surface area contributed by atoms with E-state index in [4.69, 9.17) is 11.6 Å². The van der Waals surface area contributed by atoms with E-state index >= 15 is 0 Å². The third-order valence-electron chi connectivity index (χ3n) is 3.19. The van der Waals surface area contributed by atoms with Crippen LogP contribution in [0.3, 0.4) is 0 Å². The van der Waals surface area contributed by atoms with Crippen LogP contribution in [0.2, 0.25) is 5.02 Å². The Morgan fingerprint density at radius 3 is 2.40 bits per heavy atom. The SMILES string of the molecule is O=C(O)C(Cc1ccccc1)Cc1c(F)cccc1Cl. The number of carboxylic acids is 1. The van der Waals surface area contributed by atoms with Gasteiger partial charge in [0, 0.05) is 10.6 Å². The van der Waals surface area contributed by atoms with Crippen molar-refractivity contribution in [2.24, 2.45) is 5.92 Å². The Morgan fingerprint density at radius 2 is 1.80 bits per heavy atom. The number of hydrogen-bond acceptors (Lipinski definition) is 1. The first-order valence-electron chi connectivity index (χ1n) is 6.27. The molecule has 1 atom stereocenters. The molecule has 0 aliphatic heterocycles. The minimum absolute atomic E-state index is 0.0791. The van der Waals surface area contributed by atoms with Gasteiger partial charge in [0.15, 0.2) is 0 Å². The highest BCUT2D eigenvalue weighted by Crippen LogP contribution is 2.24. The van der Waals surface area contributed by atoms with Gasteiger partial charge >= 0.3 is 5.97 Å². The molecule has 0 aliphatic rings. The molecule has 0 spiro atoms. The van der Waals surface area contributed by atoms with Crippen molar-refractivity contribution in [2.45, 2.75) is 12.8 Å². The van der Waals surface area contributed by atoms with Crippen LogP contribution in [0.15, 0.2) is 48.5 Å². The molecule has 104 valence electrons. The Kier molecular flexibility index (Phi) is 4.74. The maximum absolute atomic E-state index is 13.7. The van der Waals surface area contributed by atoms with Gasteiger partial charge in [-0.1, -0.05) is 48.0 Å². The Morgan fingerprint density at radius 1 is 1.10 bits per heavy atom. The molecular weight excluding hydrogens is 279 g/mol. The average Bonchev–Trinajstić information content (AvgIpc) is 2.42. The Bertz CT molecular complexity index is 578. The Hall–Kier alpha value is -1.87. The monoisotopic (exact) mass is 292 g/mol. The van der Waals surface area contributed by atoms with E-state index in [9.17, 15) is 14.3 Å². The maximum atomic E-state index is 13.7. The minimum atomic E-state index is -0.951. The van der Waals surface area contributed by atoms with E-state index in [-0.39, 0.29) is 17.0 Å². The first-order chi connectivity index (χ1) is 9.58. The summed E-state index contributed by atoms with van der Waals surface area (Å²) in [6.07, 6.45) is 0.427. The van der Waals surface area contributed by atoms with Crippen molar-refractivity contribution < 1.29 is 14.3 Å². The summed E-state index contributed by atoms with van der Waals surface area (Å²) in [5.74, 6) is -2.11. The van der Waals surface area contributed by atoms with Gasteiger partial charge in [-0.2, -0.15) is 0 Å². The summed E-state index contributed by atoms with van der Waals surface area (Å²) >= 11 is 5.95. The van der Waals surface area contributed by atoms with Crippen LogP contribution < -0.4 is 0 Å². The summed E-state index contributed by atoms with van der Waals surface area (Å²) < 4.78 is 13.7. The second-order valence-electron chi connectivity index (χ2n) is 4.63. The molecule has 0 amide bonds. The average molecular weight is 293 g/mol. The number of carbonyl (C=O) groups is 1. The molecule has 0 saturated heterocycles. The minimum Gasteiger partial charge on any atom is -0.481 e. The van der Waals surface area contributed by atoms with Crippen molar-refractivity contribution in [3.63, 3.8) is 0 Å². The van der Waals surface area contributed by atoms with E-state index in [1.165, 1.54) is 12.1 Å². The molecule has 2 nitrogen and oxygen atoms in total. The molecule has 20 heavy (non-hydrogen) atoms. The van der Waals surface area contributed by atoms with Gasteiger partial charge in [0.2, 0.25) is 0 Å². The predicted molar refractivity (Wildman–Crippen MR) is 76.4 cm³/mol. The number of benzene rings is 2. The summed E-state index contributed by atoms with van der Waals surface area (Å²) in [6, 6.07) is 13.7. The third kappa shape index (κ3) is 3.58. The molecule has 2 aromatic rings. The van der Waals surface area contributed by atoms with Crippen LogP contribution in [0, 0.1) is 11.7 Å². The van der Waals surface area contributed by atoms with Crippen molar-refractivity contribution in [3.05, 3.63) is 70.5 Å². The fourth-order valence-corrected chi connectivity index (χ4v) is 2.36. The second kappa shape index (κ2) is 6.53. The first kappa shape index (κ1) is 14.5. The lowest BCUT2D eigenvalue weighted by Gasteiger charge is -2.14. The molecular formula is C16H14ClFO2. The lowest BCUT2D eigenvalue weighted by molar-refractivity contribution is -0.141. The molecule has 1 N–H and O–H groups in total. The summed E-state index contributed by atoms with van der Waals surface area (Å²) in [5.41, 5.74) is 1.17. The van der Waals surface area contributed by atoms with Crippen molar-refractivity contribution in [2.75, 3.05) is 0 Å². The Labute approximate surface area is 121 Å². The lowest BCUT2D eigenvalue weighted by Crippen LogP contribution is -2.20. The fraction of sp³-hybridized carbons (Fsp3) is 0.188. The van der Waals surface area contributed by atoms with Gasteiger partial charge in [0.05, 0.1) is 5.92 Å². The second-order valence-corrected chi connectivity index (χ2v) is 5.04. The van der Waals surface area contributed by atoms with Crippen LogP contribution in [0.25, 0.3) is 0 Å². The standard InChI is InChI=1S/C16H14ClFO2/c17-14-7-4-8-15(18)13(14)10-12(16(19)20)9-11-5-2-1-3-6-11/h1-8,12H,9-10H2,(H,19,20). The zero-order valence-electron chi connectivity index (χ0n) is 10.7. The summed E-state index contributed by atoms with van der Waals surface area (Å²) in [4.78, 5) is 11.4. The van der Waals surface area contributed by atoms with E-state index in [2.05, 4.69) is 0 Å². The number of rotatable bonds is 5. The molecule has 4 heteroatoms. The van der Waals surface area contributed by atoms with Crippen LogP contribution in [0.5, 0.6) is 0 Å². The maximum Gasteiger partial charge on any atom is 0.307 e. The van der Waals surface area contributed by atoms with Crippen LogP contribution in [0.4, 0.5) is 4.39 Å². The smallest absolute Gasteiger partial charge is 0.307 e.